The number of amides is 2. The molecule has 2 amide bonds. The van der Waals surface area contributed by atoms with E-state index >= 15 is 0 Å². The number of carbonyl (C=O) groups excluding carboxylic acids is 2. The first-order chi connectivity index (χ1) is 14.0. The van der Waals surface area contributed by atoms with Gasteiger partial charge in [-0.05, 0) is 24.3 Å². The van der Waals surface area contributed by atoms with Crippen LogP contribution in [-0.4, -0.2) is 60.1 Å². The molecule has 0 fully saturated rings. The lowest BCUT2D eigenvalue weighted by atomic mass is 10.2. The van der Waals surface area contributed by atoms with Crippen LogP contribution in [0.25, 0.3) is 0 Å². The average molecular weight is 475 g/mol. The Morgan fingerprint density at radius 3 is 2.35 bits per heavy atom. The molecular weight excluding hydrogens is 456 g/mol. The topological polar surface area (TPSA) is 203 Å². The summed E-state index contributed by atoms with van der Waals surface area (Å²) in [6.45, 7) is -0.474. The minimum Gasteiger partial charge on any atom is -0.378 e. The first-order valence-electron chi connectivity index (χ1n) is 8.14. The molecule has 0 aliphatic carbocycles. The van der Waals surface area contributed by atoms with Crippen LogP contribution in [-0.2, 0) is 14.8 Å². The quantitative estimate of drug-likeness (QED) is 0.285. The van der Waals surface area contributed by atoms with E-state index < -0.39 is 39.0 Å². The Morgan fingerprint density at radius 2 is 1.81 bits per heavy atom. The molecule has 0 saturated heterocycles. The van der Waals surface area contributed by atoms with Crippen LogP contribution >= 0.6 is 12.4 Å². The Bertz CT molecular complexity index is 1080. The van der Waals surface area contributed by atoms with Gasteiger partial charge in [-0.25, -0.2) is 22.7 Å². The minimum atomic E-state index is -3.63. The highest BCUT2D eigenvalue weighted by Gasteiger charge is 2.21. The summed E-state index contributed by atoms with van der Waals surface area (Å²) in [5, 5.41) is 13.3. The normalized spacial score (nSPS) is 10.7. The molecule has 16 heteroatoms. The van der Waals surface area contributed by atoms with E-state index in [1.807, 2.05) is 0 Å². The van der Waals surface area contributed by atoms with E-state index in [2.05, 4.69) is 26.1 Å². The van der Waals surface area contributed by atoms with Crippen molar-refractivity contribution in [1.82, 2.24) is 25.0 Å². The van der Waals surface area contributed by atoms with Gasteiger partial charge in [0.2, 0.25) is 21.7 Å². The number of nitrogens with one attached hydrogen (secondary N) is 3. The maximum absolute atomic E-state index is 12.1. The number of halogens is 1. The number of anilines is 2. The van der Waals surface area contributed by atoms with Crippen LogP contribution in [0.2, 0.25) is 0 Å². The summed E-state index contributed by atoms with van der Waals surface area (Å²) < 4.78 is 25.1. The summed E-state index contributed by atoms with van der Waals surface area (Å²) >= 11 is 0. The summed E-state index contributed by atoms with van der Waals surface area (Å²) in [4.78, 5) is 41.2. The molecule has 0 bridgehead atoms. The Hall–Kier alpha value is -3.56. The molecule has 2 rings (SSSR count). The Labute approximate surface area is 182 Å². The van der Waals surface area contributed by atoms with Crippen molar-refractivity contribution in [1.29, 1.82) is 0 Å². The summed E-state index contributed by atoms with van der Waals surface area (Å²) in [6, 6.07) is 5.14. The molecule has 0 unspecified atom stereocenters. The van der Waals surface area contributed by atoms with E-state index in [0.29, 0.717) is 0 Å². The van der Waals surface area contributed by atoms with Gasteiger partial charge in [0, 0.05) is 19.7 Å². The molecule has 168 valence electrons. The number of benzene rings is 1. The highest BCUT2D eigenvalue weighted by Crippen LogP contribution is 2.25. The molecular formula is C15H19ClN8O6S. The molecule has 0 aliphatic heterocycles. The summed E-state index contributed by atoms with van der Waals surface area (Å²) in [6.07, 6.45) is 0.971. The molecule has 0 radical (unpaired) electrons. The number of hydrogen-bond donors (Lipinski definition) is 4. The third kappa shape index (κ3) is 6.21. The first-order valence-corrected chi connectivity index (χ1v) is 9.58. The van der Waals surface area contributed by atoms with Gasteiger partial charge in [-0.2, -0.15) is 0 Å². The van der Waals surface area contributed by atoms with E-state index in [1.54, 1.807) is 0 Å². The minimum absolute atomic E-state index is 0. The van der Waals surface area contributed by atoms with E-state index in [9.17, 15) is 28.1 Å². The molecule has 5 N–H and O–H groups in total. The van der Waals surface area contributed by atoms with Gasteiger partial charge in [-0.1, -0.05) is 0 Å². The molecule has 0 saturated carbocycles. The van der Waals surface area contributed by atoms with E-state index in [1.165, 1.54) is 38.4 Å². The van der Waals surface area contributed by atoms with Crippen molar-refractivity contribution in [2.24, 2.45) is 0 Å². The number of hydrazine groups is 1. The summed E-state index contributed by atoms with van der Waals surface area (Å²) in [5.41, 5.74) is 9.29. The van der Waals surface area contributed by atoms with Gasteiger partial charge in [0.05, 0.1) is 16.4 Å². The Kier molecular flexibility index (Phi) is 8.60. The largest absolute Gasteiger partial charge is 0.378 e. The van der Waals surface area contributed by atoms with Gasteiger partial charge in [-0.3, -0.25) is 30.6 Å². The van der Waals surface area contributed by atoms with Crippen molar-refractivity contribution in [3.05, 3.63) is 46.3 Å². The van der Waals surface area contributed by atoms with E-state index in [-0.39, 0.29) is 34.5 Å². The highest BCUT2D eigenvalue weighted by molar-refractivity contribution is 7.89. The van der Waals surface area contributed by atoms with Gasteiger partial charge in [-0.15, -0.1) is 12.4 Å². The maximum atomic E-state index is 12.1. The van der Waals surface area contributed by atoms with Crippen LogP contribution < -0.4 is 21.9 Å². The third-order valence-corrected chi connectivity index (χ3v) is 5.49. The van der Waals surface area contributed by atoms with Crippen molar-refractivity contribution in [3.63, 3.8) is 0 Å². The Morgan fingerprint density at radius 1 is 1.19 bits per heavy atom. The second kappa shape index (κ2) is 10.5. The van der Waals surface area contributed by atoms with Gasteiger partial charge in [0.25, 0.3) is 11.8 Å². The van der Waals surface area contributed by atoms with Crippen molar-refractivity contribution >= 4 is 51.6 Å². The van der Waals surface area contributed by atoms with Crippen LogP contribution in [0, 0.1) is 10.1 Å². The number of nitrogens with two attached hydrogens (primary N) is 1. The number of nitrogen functional groups attached to an aromatic ring is 1. The van der Waals surface area contributed by atoms with Crippen molar-refractivity contribution in [2.45, 2.75) is 4.90 Å². The standard InChI is InChI=1S/C15H18N8O6S.ClH/c1-22(2)30(28,29)10-5-3-9(4-6-10)15(25)17-7-11(24)20-21-14-12(23(26)27)13(16)18-8-19-14;/h3-6,8H,7H2,1-2H3,(H,17,25)(H,20,24)(H3,16,18,19,21);1H. The fourth-order valence-corrected chi connectivity index (χ4v) is 2.99. The number of aromatic nitrogens is 2. The van der Waals surface area contributed by atoms with Gasteiger partial charge >= 0.3 is 5.69 Å². The summed E-state index contributed by atoms with van der Waals surface area (Å²) in [5.74, 6) is -2.08. The van der Waals surface area contributed by atoms with E-state index in [4.69, 9.17) is 5.73 Å². The monoisotopic (exact) mass is 474 g/mol. The number of rotatable bonds is 8. The smallest absolute Gasteiger partial charge is 0.354 e. The molecule has 31 heavy (non-hydrogen) atoms. The predicted octanol–water partition coefficient (Wildman–Crippen LogP) is -0.488. The SMILES string of the molecule is CN(C)S(=O)(=O)c1ccc(C(=O)NCC(=O)NNc2ncnc(N)c2[N+](=O)[O-])cc1.Cl. The van der Waals surface area contributed by atoms with Gasteiger partial charge in [0.15, 0.2) is 0 Å². The maximum Gasteiger partial charge on any atom is 0.354 e. The molecule has 2 aromatic rings. The van der Waals surface area contributed by atoms with Crippen LogP contribution in [0.5, 0.6) is 0 Å². The number of sulfonamides is 1. The lowest BCUT2D eigenvalue weighted by molar-refractivity contribution is -0.383. The zero-order chi connectivity index (χ0) is 22.5. The van der Waals surface area contributed by atoms with Crippen molar-refractivity contribution in [3.8, 4) is 0 Å². The van der Waals surface area contributed by atoms with Crippen molar-refractivity contribution < 1.29 is 22.9 Å². The second-order valence-electron chi connectivity index (χ2n) is 5.88. The molecule has 1 heterocycles. The molecule has 1 aromatic heterocycles. The fourth-order valence-electron chi connectivity index (χ4n) is 2.09. The van der Waals surface area contributed by atoms with Crippen LogP contribution in [0.4, 0.5) is 17.3 Å². The Balaban J connectivity index is 0.00000480. The number of carbonyl (C=O) groups is 2. The lowest BCUT2D eigenvalue weighted by Crippen LogP contribution is -2.39. The zero-order valence-electron chi connectivity index (χ0n) is 16.2. The number of nitrogens with zero attached hydrogens (tertiary/aromatic N) is 4. The average Bonchev–Trinajstić information content (AvgIpc) is 2.70. The molecule has 1 aromatic carbocycles. The third-order valence-electron chi connectivity index (χ3n) is 3.66. The van der Waals surface area contributed by atoms with Gasteiger partial charge in [0.1, 0.15) is 6.33 Å². The lowest BCUT2D eigenvalue weighted by Gasteiger charge is -2.12. The molecule has 0 atom stereocenters. The van der Waals surface area contributed by atoms with Crippen LogP contribution in [0.3, 0.4) is 0 Å². The predicted molar refractivity (Wildman–Crippen MR) is 112 cm³/mol. The molecule has 0 aliphatic rings. The number of hydrogen-bond acceptors (Lipinski definition) is 10. The van der Waals surface area contributed by atoms with Gasteiger partial charge < -0.3 is 11.1 Å². The van der Waals surface area contributed by atoms with Crippen LogP contribution in [0.15, 0.2) is 35.5 Å². The fraction of sp³-hybridized carbons (Fsp3) is 0.200. The zero-order valence-corrected chi connectivity index (χ0v) is 17.9. The van der Waals surface area contributed by atoms with E-state index in [0.717, 1.165) is 10.6 Å². The second-order valence-corrected chi connectivity index (χ2v) is 8.03. The first kappa shape index (κ1) is 25.5. The summed E-state index contributed by atoms with van der Waals surface area (Å²) in [7, 11) is -0.866. The van der Waals surface area contributed by atoms with Crippen molar-refractivity contribution in [2.75, 3.05) is 31.8 Å². The highest BCUT2D eigenvalue weighted by atomic mass is 35.5. The molecule has 0 spiro atoms. The number of nitro groups is 1. The van der Waals surface area contributed by atoms with Crippen LogP contribution in [0.1, 0.15) is 10.4 Å². The molecule has 14 nitrogen and oxygen atoms in total.